The lowest BCUT2D eigenvalue weighted by Gasteiger charge is -2.31. The van der Waals surface area contributed by atoms with Crippen molar-refractivity contribution in [3.8, 4) is 5.75 Å². The number of thiazole rings is 1. The number of nitrogens with zero attached hydrogens (tertiary/aromatic N) is 4. The van der Waals surface area contributed by atoms with Crippen molar-refractivity contribution in [2.24, 2.45) is 5.16 Å². The fourth-order valence-corrected chi connectivity index (χ4v) is 5.91. The lowest BCUT2D eigenvalue weighted by molar-refractivity contribution is -0.134. The maximum Gasteiger partial charge on any atom is 0.260 e. The molecule has 4 aromatic rings. The first-order valence-corrected chi connectivity index (χ1v) is 13.3. The van der Waals surface area contributed by atoms with E-state index < -0.39 is 17.7 Å². The largest absolute Gasteiger partial charge is 0.481 e. The van der Waals surface area contributed by atoms with Crippen molar-refractivity contribution in [2.75, 3.05) is 19.7 Å². The summed E-state index contributed by atoms with van der Waals surface area (Å²) in [6, 6.07) is 13.2. The minimum Gasteiger partial charge on any atom is -0.481 e. The highest BCUT2D eigenvalue weighted by molar-refractivity contribution is 7.10. The molecule has 1 unspecified atom stereocenters. The minimum atomic E-state index is -0.808. The molecule has 0 saturated carbocycles. The molecule has 4 heterocycles. The Morgan fingerprint density at radius 1 is 1.08 bits per heavy atom. The summed E-state index contributed by atoms with van der Waals surface area (Å²) in [7, 11) is 0. The van der Waals surface area contributed by atoms with Crippen molar-refractivity contribution in [1.82, 2.24) is 14.9 Å². The third kappa shape index (κ3) is 4.83. The number of carbonyl (C=O) groups is 1. The van der Waals surface area contributed by atoms with Crippen molar-refractivity contribution in [3.63, 3.8) is 0 Å². The number of carbonyl (C=O) groups excluding carboxylic acids is 1. The summed E-state index contributed by atoms with van der Waals surface area (Å²) >= 11 is 1.53. The number of amides is 1. The van der Waals surface area contributed by atoms with Crippen LogP contribution in [0.5, 0.6) is 5.75 Å². The molecule has 0 radical (unpaired) electrons. The Hall–Kier alpha value is -3.92. The summed E-state index contributed by atoms with van der Waals surface area (Å²) in [6.45, 7) is 1.20. The predicted octanol–water partition coefficient (Wildman–Crippen LogP) is 5.62. The number of piperidine rings is 1. The van der Waals surface area contributed by atoms with Crippen molar-refractivity contribution < 1.29 is 23.1 Å². The van der Waals surface area contributed by atoms with E-state index in [1.165, 1.54) is 29.5 Å². The van der Waals surface area contributed by atoms with Crippen LogP contribution in [0.4, 0.5) is 8.78 Å². The van der Waals surface area contributed by atoms with E-state index in [4.69, 9.17) is 14.6 Å². The minimum absolute atomic E-state index is 0.0364. The normalized spacial score (nSPS) is 17.9. The fraction of sp³-hybridized carbons (Fsp3) is 0.286. The number of halogens is 2. The van der Waals surface area contributed by atoms with Gasteiger partial charge < -0.3 is 14.5 Å². The first-order chi connectivity index (χ1) is 18.6. The molecule has 2 aromatic heterocycles. The van der Waals surface area contributed by atoms with Gasteiger partial charge in [-0.15, -0.1) is 11.3 Å². The quantitative estimate of drug-likeness (QED) is 0.321. The van der Waals surface area contributed by atoms with Gasteiger partial charge >= 0.3 is 0 Å². The molecule has 0 bridgehead atoms. The van der Waals surface area contributed by atoms with Gasteiger partial charge in [0, 0.05) is 42.4 Å². The molecule has 7 nitrogen and oxygen atoms in total. The summed E-state index contributed by atoms with van der Waals surface area (Å²) in [5.74, 6) is -0.527. The first kappa shape index (κ1) is 24.4. The first-order valence-electron chi connectivity index (χ1n) is 12.4. The van der Waals surface area contributed by atoms with Crippen LogP contribution in [0.15, 0.2) is 65.3 Å². The van der Waals surface area contributed by atoms with Gasteiger partial charge in [0.2, 0.25) is 0 Å². The molecule has 194 valence electrons. The summed E-state index contributed by atoms with van der Waals surface area (Å²) in [5.41, 5.74) is 1.87. The number of fused-ring (bicyclic) bond motifs is 1. The van der Waals surface area contributed by atoms with Crippen molar-refractivity contribution in [1.29, 1.82) is 0 Å². The van der Waals surface area contributed by atoms with Gasteiger partial charge in [-0.25, -0.2) is 13.8 Å². The maximum absolute atomic E-state index is 14.1. The molecule has 2 aliphatic rings. The van der Waals surface area contributed by atoms with Gasteiger partial charge in [0.1, 0.15) is 28.6 Å². The molecule has 1 fully saturated rings. The average molecular weight is 535 g/mol. The zero-order valence-electron chi connectivity index (χ0n) is 20.3. The van der Waals surface area contributed by atoms with Crippen molar-refractivity contribution in [2.45, 2.75) is 31.3 Å². The second-order valence-electron chi connectivity index (χ2n) is 9.32. The Balaban J connectivity index is 1.03. The number of hydrogen-bond donors (Lipinski definition) is 0. The highest BCUT2D eigenvalue weighted by Crippen LogP contribution is 2.35. The average Bonchev–Trinajstić information content (AvgIpc) is 3.62. The molecule has 2 aliphatic heterocycles. The third-order valence-corrected chi connectivity index (χ3v) is 7.96. The van der Waals surface area contributed by atoms with E-state index in [0.717, 1.165) is 28.8 Å². The Morgan fingerprint density at radius 3 is 2.66 bits per heavy atom. The molecule has 6 rings (SSSR count). The van der Waals surface area contributed by atoms with E-state index in [1.807, 2.05) is 40.6 Å². The van der Waals surface area contributed by atoms with Gasteiger partial charge in [0.05, 0.1) is 16.3 Å². The van der Waals surface area contributed by atoms with E-state index >= 15 is 0 Å². The molecule has 2 aromatic carbocycles. The Morgan fingerprint density at radius 2 is 1.84 bits per heavy atom. The van der Waals surface area contributed by atoms with Crippen LogP contribution < -0.4 is 4.74 Å². The molecular formula is C28H24F2N4O3S. The monoisotopic (exact) mass is 534 g/mol. The summed E-state index contributed by atoms with van der Waals surface area (Å²) in [6.07, 6.45) is 2.73. The number of para-hydroxylation sites is 1. The van der Waals surface area contributed by atoms with E-state index in [0.29, 0.717) is 30.2 Å². The van der Waals surface area contributed by atoms with Crippen LogP contribution in [0.1, 0.15) is 47.5 Å². The van der Waals surface area contributed by atoms with Crippen LogP contribution in [0, 0.1) is 11.6 Å². The highest BCUT2D eigenvalue weighted by atomic mass is 32.1. The maximum atomic E-state index is 14.1. The van der Waals surface area contributed by atoms with Crippen LogP contribution in [-0.2, 0) is 9.63 Å². The van der Waals surface area contributed by atoms with Crippen molar-refractivity contribution in [3.05, 3.63) is 88.0 Å². The lowest BCUT2D eigenvalue weighted by Crippen LogP contribution is -2.40. The van der Waals surface area contributed by atoms with Crippen molar-refractivity contribution >= 4 is 33.9 Å². The zero-order chi connectivity index (χ0) is 26.1. The predicted molar refractivity (Wildman–Crippen MR) is 139 cm³/mol. The fourth-order valence-electron chi connectivity index (χ4n) is 4.91. The number of rotatable bonds is 6. The number of hydrogen-bond acceptors (Lipinski definition) is 7. The summed E-state index contributed by atoms with van der Waals surface area (Å²) in [4.78, 5) is 29.1. The lowest BCUT2D eigenvalue weighted by atomic mass is 9.97. The third-order valence-electron chi connectivity index (χ3n) is 6.95. The number of benzene rings is 2. The SMILES string of the molecule is O=C(COc1cccc2cccnc12)N1CCC(c2nc(C3=NOC(c4c(F)cccc4F)C3)cs2)CC1. The van der Waals surface area contributed by atoms with Gasteiger partial charge in [0.15, 0.2) is 12.7 Å². The summed E-state index contributed by atoms with van der Waals surface area (Å²) in [5, 5.41) is 7.89. The van der Waals surface area contributed by atoms with Gasteiger partial charge in [-0.05, 0) is 37.1 Å². The Labute approximate surface area is 221 Å². The van der Waals surface area contributed by atoms with Crippen LogP contribution >= 0.6 is 11.3 Å². The van der Waals surface area contributed by atoms with Gasteiger partial charge in [-0.1, -0.05) is 29.4 Å². The Bertz CT molecular complexity index is 1490. The van der Waals surface area contributed by atoms with Crippen LogP contribution in [0.2, 0.25) is 0 Å². The zero-order valence-corrected chi connectivity index (χ0v) is 21.2. The molecule has 0 spiro atoms. The van der Waals surface area contributed by atoms with Gasteiger partial charge in [0.25, 0.3) is 5.91 Å². The molecule has 38 heavy (non-hydrogen) atoms. The second kappa shape index (κ2) is 10.4. The second-order valence-corrected chi connectivity index (χ2v) is 10.2. The Kier molecular flexibility index (Phi) is 6.71. The molecule has 0 aliphatic carbocycles. The van der Waals surface area contributed by atoms with Crippen LogP contribution in [0.3, 0.4) is 0 Å². The molecule has 1 saturated heterocycles. The van der Waals surface area contributed by atoms with Gasteiger partial charge in [-0.2, -0.15) is 0 Å². The molecule has 1 atom stereocenters. The van der Waals surface area contributed by atoms with E-state index in [1.54, 1.807) is 6.20 Å². The highest BCUT2D eigenvalue weighted by Gasteiger charge is 2.31. The summed E-state index contributed by atoms with van der Waals surface area (Å²) < 4.78 is 34.1. The number of ether oxygens (including phenoxy) is 1. The standard InChI is InChI=1S/C28H24F2N4O3S/c29-19-6-2-7-20(30)26(19)24-14-21(33-37-24)22-16-38-28(32-22)18-9-12-34(13-10-18)25(35)15-36-23-8-1-4-17-5-3-11-31-27(17)23/h1-8,11,16,18,24H,9-10,12-15H2. The number of aromatic nitrogens is 2. The molecule has 0 N–H and O–H groups in total. The number of pyridine rings is 1. The van der Waals surface area contributed by atoms with E-state index in [9.17, 15) is 13.6 Å². The van der Waals surface area contributed by atoms with Crippen LogP contribution in [0.25, 0.3) is 10.9 Å². The topological polar surface area (TPSA) is 76.9 Å². The molecule has 10 heteroatoms. The smallest absolute Gasteiger partial charge is 0.260 e. The van der Waals surface area contributed by atoms with Crippen LogP contribution in [-0.4, -0.2) is 46.2 Å². The molecule has 1 amide bonds. The van der Waals surface area contributed by atoms with Gasteiger partial charge in [-0.3, -0.25) is 9.78 Å². The van der Waals surface area contributed by atoms with E-state index in [-0.39, 0.29) is 30.4 Å². The number of oxime groups is 1. The number of likely N-dealkylation sites (tertiary alicyclic amines) is 1. The van der Waals surface area contributed by atoms with E-state index in [2.05, 4.69) is 10.1 Å². The molecular weight excluding hydrogens is 510 g/mol.